The van der Waals surface area contributed by atoms with Crippen LogP contribution in [0.15, 0.2) is 48.5 Å². The highest BCUT2D eigenvalue weighted by molar-refractivity contribution is 14.1. The summed E-state index contributed by atoms with van der Waals surface area (Å²) >= 11 is 2.15. The number of carboxylic acid groups (broad SMARTS) is 1. The fourth-order valence-electron chi connectivity index (χ4n) is 2.27. The minimum Gasteiger partial charge on any atom is -0.480 e. The van der Waals surface area contributed by atoms with Gasteiger partial charge in [-0.25, -0.2) is 4.79 Å². The van der Waals surface area contributed by atoms with Gasteiger partial charge >= 0.3 is 5.97 Å². The van der Waals surface area contributed by atoms with Gasteiger partial charge in [0.15, 0.2) is 0 Å². The van der Waals surface area contributed by atoms with Crippen molar-refractivity contribution in [2.24, 2.45) is 0 Å². The molecule has 0 saturated heterocycles. The summed E-state index contributed by atoms with van der Waals surface area (Å²) < 4.78 is 1.03. The van der Waals surface area contributed by atoms with Crippen LogP contribution in [0.1, 0.15) is 11.1 Å². The molecule has 0 fully saturated rings. The second-order valence-corrected chi connectivity index (χ2v) is 6.64. The molecule has 0 aliphatic carbocycles. The van der Waals surface area contributed by atoms with E-state index in [0.717, 1.165) is 9.13 Å². The van der Waals surface area contributed by atoms with E-state index in [1.54, 1.807) is 6.07 Å². The minimum atomic E-state index is -1.13. The molecule has 0 bridgehead atoms. The average molecular weight is 454 g/mol. The van der Waals surface area contributed by atoms with Gasteiger partial charge < -0.3 is 10.4 Å². The Morgan fingerprint density at radius 2 is 1.84 bits per heavy atom. The first-order valence-corrected chi connectivity index (χ1v) is 8.43. The molecule has 0 spiro atoms. The molecule has 0 radical (unpaired) electrons. The number of nitrogens with one attached hydrogen (secondary N) is 1. The van der Waals surface area contributed by atoms with Gasteiger partial charge in [-0.2, -0.15) is 0 Å². The van der Waals surface area contributed by atoms with Gasteiger partial charge in [-0.15, -0.1) is 0 Å². The second kappa shape index (κ2) is 8.56. The summed E-state index contributed by atoms with van der Waals surface area (Å²) in [6.07, 6.45) is 0.0328. The Kier molecular flexibility index (Phi) is 6.45. The van der Waals surface area contributed by atoms with E-state index in [0.29, 0.717) is 5.56 Å². The number of benzene rings is 2. The van der Waals surface area contributed by atoms with E-state index in [4.69, 9.17) is 0 Å². The Hall–Kier alpha value is -2.49. The van der Waals surface area contributed by atoms with E-state index < -0.39 is 22.8 Å². The maximum absolute atomic E-state index is 12.1. The van der Waals surface area contributed by atoms with Crippen molar-refractivity contribution in [3.05, 3.63) is 73.3 Å². The fraction of sp³-hybridized carbons (Fsp3) is 0.176. The third-order valence-electron chi connectivity index (χ3n) is 3.47. The Labute approximate surface area is 157 Å². The molecule has 2 aromatic rings. The number of halogens is 1. The quantitative estimate of drug-likeness (QED) is 0.380. The lowest BCUT2D eigenvalue weighted by Crippen LogP contribution is -2.43. The maximum Gasteiger partial charge on any atom is 0.326 e. The monoisotopic (exact) mass is 454 g/mol. The van der Waals surface area contributed by atoms with E-state index in [2.05, 4.69) is 27.9 Å². The summed E-state index contributed by atoms with van der Waals surface area (Å²) in [6.45, 7) is 0. The lowest BCUT2D eigenvalue weighted by atomic mass is 10.1. The molecule has 2 rings (SSSR count). The molecule has 2 N–H and O–H groups in total. The van der Waals surface area contributed by atoms with Crippen LogP contribution in [0.5, 0.6) is 0 Å². The molecule has 0 aliphatic heterocycles. The van der Waals surface area contributed by atoms with Gasteiger partial charge in [0.05, 0.1) is 11.3 Å². The van der Waals surface area contributed by atoms with Crippen molar-refractivity contribution in [1.29, 1.82) is 0 Å². The molecule has 25 heavy (non-hydrogen) atoms. The Morgan fingerprint density at radius 1 is 1.16 bits per heavy atom. The van der Waals surface area contributed by atoms with Crippen LogP contribution in [0.2, 0.25) is 0 Å². The average Bonchev–Trinajstić information content (AvgIpc) is 2.56. The number of nitro groups is 1. The summed E-state index contributed by atoms with van der Waals surface area (Å²) in [5, 5.41) is 22.5. The zero-order chi connectivity index (χ0) is 18.4. The first-order chi connectivity index (χ1) is 11.8. The van der Waals surface area contributed by atoms with Gasteiger partial charge in [0.25, 0.3) is 5.69 Å². The largest absolute Gasteiger partial charge is 0.480 e. The van der Waals surface area contributed by atoms with Gasteiger partial charge in [0.2, 0.25) is 5.91 Å². The minimum absolute atomic E-state index is 0.112. The highest BCUT2D eigenvalue weighted by Gasteiger charge is 2.21. The highest BCUT2D eigenvalue weighted by Crippen LogP contribution is 2.14. The number of hydrogen-bond donors (Lipinski definition) is 2. The Bertz CT molecular complexity index is 792. The number of nitro benzene ring substituents is 1. The highest BCUT2D eigenvalue weighted by atomic mass is 127. The number of rotatable bonds is 7. The van der Waals surface area contributed by atoms with Crippen LogP contribution in [0.3, 0.4) is 0 Å². The predicted molar refractivity (Wildman–Crippen MR) is 99.2 cm³/mol. The van der Waals surface area contributed by atoms with Crippen molar-refractivity contribution < 1.29 is 19.6 Å². The molecule has 0 aliphatic rings. The third-order valence-corrected chi connectivity index (χ3v) is 4.19. The summed E-state index contributed by atoms with van der Waals surface area (Å²) in [6, 6.07) is 12.0. The van der Waals surface area contributed by atoms with Crippen LogP contribution >= 0.6 is 22.6 Å². The van der Waals surface area contributed by atoms with E-state index in [9.17, 15) is 24.8 Å². The summed E-state index contributed by atoms with van der Waals surface area (Å²) in [7, 11) is 0. The number of carboxylic acids is 1. The second-order valence-electron chi connectivity index (χ2n) is 5.39. The number of carbonyl (C=O) groups excluding carboxylic acids is 1. The van der Waals surface area contributed by atoms with Gasteiger partial charge in [-0.1, -0.05) is 24.3 Å². The number of non-ortho nitro benzene ring substituents is 1. The number of aliphatic carboxylic acids is 1. The molecule has 1 atom stereocenters. The SMILES string of the molecule is O=C(Cc1cccc([N+](=O)[O-])c1)N[C@@H](Cc1ccc(I)cc1)C(=O)O. The molecule has 0 aromatic heterocycles. The molecular formula is C17H15IN2O5. The number of hydrogen-bond acceptors (Lipinski definition) is 4. The fourth-order valence-corrected chi connectivity index (χ4v) is 2.63. The van der Waals surface area contributed by atoms with E-state index >= 15 is 0 Å². The van der Waals surface area contributed by atoms with Gasteiger partial charge in [-0.3, -0.25) is 14.9 Å². The van der Waals surface area contributed by atoms with Crippen molar-refractivity contribution in [3.63, 3.8) is 0 Å². The van der Waals surface area contributed by atoms with Crippen molar-refractivity contribution in [1.82, 2.24) is 5.32 Å². The molecule has 0 heterocycles. The van der Waals surface area contributed by atoms with Gasteiger partial charge in [0.1, 0.15) is 6.04 Å². The van der Waals surface area contributed by atoms with Crippen LogP contribution in [-0.2, 0) is 22.4 Å². The third kappa shape index (κ3) is 5.82. The predicted octanol–water partition coefficient (Wildman–Crippen LogP) is 2.55. The zero-order valence-electron chi connectivity index (χ0n) is 13.0. The van der Waals surface area contributed by atoms with Gasteiger partial charge in [-0.05, 0) is 45.9 Å². The number of carbonyl (C=O) groups is 2. The van der Waals surface area contributed by atoms with Crippen molar-refractivity contribution >= 4 is 40.2 Å². The van der Waals surface area contributed by atoms with Crippen LogP contribution in [0.25, 0.3) is 0 Å². The summed E-state index contributed by atoms with van der Waals surface area (Å²) in [5.41, 5.74) is 1.13. The molecule has 0 unspecified atom stereocenters. The normalized spacial score (nSPS) is 11.6. The topological polar surface area (TPSA) is 110 Å². The van der Waals surface area contributed by atoms with Crippen LogP contribution in [0.4, 0.5) is 5.69 Å². The molecule has 1 amide bonds. The lowest BCUT2D eigenvalue weighted by molar-refractivity contribution is -0.384. The van der Waals surface area contributed by atoms with E-state index in [-0.39, 0.29) is 18.5 Å². The maximum atomic E-state index is 12.1. The smallest absolute Gasteiger partial charge is 0.326 e. The summed E-state index contributed by atoms with van der Waals surface area (Å²) in [4.78, 5) is 33.7. The number of nitrogens with zero attached hydrogens (tertiary/aromatic N) is 1. The molecule has 2 aromatic carbocycles. The van der Waals surface area contributed by atoms with Crippen molar-refractivity contribution in [3.8, 4) is 0 Å². The standard InChI is InChI=1S/C17H15IN2O5/c18-13-6-4-11(5-7-13)9-15(17(22)23)19-16(21)10-12-2-1-3-14(8-12)20(24)25/h1-8,15H,9-10H2,(H,19,21)(H,22,23)/t15-/m0/s1. The molecule has 130 valence electrons. The first kappa shape index (κ1) is 18.8. The van der Waals surface area contributed by atoms with Gasteiger partial charge in [0, 0.05) is 22.1 Å². The molecule has 0 saturated carbocycles. The van der Waals surface area contributed by atoms with Crippen molar-refractivity contribution in [2.75, 3.05) is 0 Å². The van der Waals surface area contributed by atoms with E-state index in [1.165, 1.54) is 18.2 Å². The van der Waals surface area contributed by atoms with Crippen LogP contribution < -0.4 is 5.32 Å². The number of amides is 1. The Balaban J connectivity index is 2.02. The van der Waals surface area contributed by atoms with E-state index in [1.807, 2.05) is 24.3 Å². The van der Waals surface area contributed by atoms with Crippen LogP contribution in [0, 0.1) is 13.7 Å². The Morgan fingerprint density at radius 3 is 2.44 bits per heavy atom. The van der Waals surface area contributed by atoms with Crippen LogP contribution in [-0.4, -0.2) is 27.9 Å². The lowest BCUT2D eigenvalue weighted by Gasteiger charge is -2.15. The molecular weight excluding hydrogens is 439 g/mol. The zero-order valence-corrected chi connectivity index (χ0v) is 15.2. The first-order valence-electron chi connectivity index (χ1n) is 7.35. The molecule has 8 heteroatoms. The summed E-state index contributed by atoms with van der Waals surface area (Å²) in [5.74, 6) is -1.63. The molecule has 7 nitrogen and oxygen atoms in total. The van der Waals surface area contributed by atoms with Crippen molar-refractivity contribution in [2.45, 2.75) is 18.9 Å².